The lowest BCUT2D eigenvalue weighted by atomic mass is 9.86. The summed E-state index contributed by atoms with van der Waals surface area (Å²) in [5.74, 6) is -0.0345. The van der Waals surface area contributed by atoms with Crippen LogP contribution >= 0.6 is 0 Å². The van der Waals surface area contributed by atoms with Crippen LogP contribution in [0.1, 0.15) is 25.7 Å². The molecule has 6 nitrogen and oxygen atoms in total. The van der Waals surface area contributed by atoms with Gasteiger partial charge in [-0.15, -0.1) is 0 Å². The van der Waals surface area contributed by atoms with E-state index in [1.54, 1.807) is 0 Å². The van der Waals surface area contributed by atoms with E-state index in [0.717, 1.165) is 25.7 Å². The molecular weight excluding hydrogens is 266 g/mol. The molecule has 1 heterocycles. The minimum Gasteiger partial charge on any atom is -0.396 e. The van der Waals surface area contributed by atoms with Gasteiger partial charge in [0.1, 0.15) is 10.7 Å². The third-order valence-electron chi connectivity index (χ3n) is 3.54. The van der Waals surface area contributed by atoms with Crippen molar-refractivity contribution < 1.29 is 13.5 Å². The van der Waals surface area contributed by atoms with E-state index < -0.39 is 10.0 Å². The molecule has 1 fully saturated rings. The summed E-state index contributed by atoms with van der Waals surface area (Å²) in [6.45, 7) is -0.00426. The van der Waals surface area contributed by atoms with E-state index in [0.29, 0.717) is 0 Å². The third-order valence-corrected chi connectivity index (χ3v) is 5.08. The molecule has 1 aliphatic rings. The van der Waals surface area contributed by atoms with Gasteiger partial charge in [0.2, 0.25) is 10.0 Å². The molecule has 0 bridgehead atoms. The highest BCUT2D eigenvalue weighted by Crippen LogP contribution is 2.26. The lowest BCUT2D eigenvalue weighted by Crippen LogP contribution is -2.43. The molecule has 1 aliphatic carbocycles. The number of pyridine rings is 1. The standard InChI is InChI=1S/C12H19N3O3S/c13-12-11(6-3-7-14-12)19(17,18)15-10-5-2-1-4-9(10)8-16/h3,6-7,9-10,15-16H,1-2,4-5,8H2,(H2,13,14). The van der Waals surface area contributed by atoms with Crippen LogP contribution in [-0.4, -0.2) is 31.2 Å². The molecular formula is C12H19N3O3S. The first-order valence-corrected chi connectivity index (χ1v) is 7.86. The highest BCUT2D eigenvalue weighted by atomic mass is 32.2. The van der Waals surface area contributed by atoms with Crippen LogP contribution in [-0.2, 0) is 10.0 Å². The molecule has 0 aliphatic heterocycles. The average Bonchev–Trinajstić information content (AvgIpc) is 2.39. The maximum atomic E-state index is 12.3. The van der Waals surface area contributed by atoms with Crippen LogP contribution in [0.2, 0.25) is 0 Å². The topological polar surface area (TPSA) is 105 Å². The van der Waals surface area contributed by atoms with Crippen LogP contribution in [0.25, 0.3) is 0 Å². The SMILES string of the molecule is Nc1ncccc1S(=O)(=O)NC1CCCCC1CO. The zero-order chi connectivity index (χ0) is 13.9. The predicted molar refractivity (Wildman–Crippen MR) is 71.8 cm³/mol. The van der Waals surface area contributed by atoms with Crippen molar-refractivity contribution in [1.29, 1.82) is 0 Å². The zero-order valence-corrected chi connectivity index (χ0v) is 11.4. The molecule has 1 saturated carbocycles. The number of sulfonamides is 1. The van der Waals surface area contributed by atoms with Gasteiger partial charge in [-0.25, -0.2) is 18.1 Å². The highest BCUT2D eigenvalue weighted by molar-refractivity contribution is 7.89. The molecule has 0 amide bonds. The molecule has 0 aromatic carbocycles. The van der Waals surface area contributed by atoms with Crippen molar-refractivity contribution in [2.24, 2.45) is 5.92 Å². The number of aliphatic hydroxyl groups excluding tert-OH is 1. The van der Waals surface area contributed by atoms with E-state index in [1.165, 1.54) is 18.3 Å². The summed E-state index contributed by atoms with van der Waals surface area (Å²) in [4.78, 5) is 3.78. The van der Waals surface area contributed by atoms with Crippen LogP contribution in [0, 0.1) is 5.92 Å². The quantitative estimate of drug-likeness (QED) is 0.747. The second kappa shape index (κ2) is 5.85. The van der Waals surface area contributed by atoms with Crippen molar-refractivity contribution in [1.82, 2.24) is 9.71 Å². The fourth-order valence-electron chi connectivity index (χ4n) is 2.47. The molecule has 19 heavy (non-hydrogen) atoms. The van der Waals surface area contributed by atoms with Gasteiger partial charge in [-0.3, -0.25) is 0 Å². The molecule has 4 N–H and O–H groups in total. The lowest BCUT2D eigenvalue weighted by molar-refractivity contribution is 0.164. The fourth-order valence-corrected chi connectivity index (χ4v) is 3.90. The van der Waals surface area contributed by atoms with E-state index in [1.807, 2.05) is 0 Å². The van der Waals surface area contributed by atoms with E-state index in [4.69, 9.17) is 5.73 Å². The smallest absolute Gasteiger partial charge is 0.244 e. The second-order valence-corrected chi connectivity index (χ2v) is 6.52. The number of rotatable bonds is 4. The van der Waals surface area contributed by atoms with E-state index in [2.05, 4.69) is 9.71 Å². The Hall–Kier alpha value is -1.18. The Bertz CT molecular complexity index is 533. The maximum absolute atomic E-state index is 12.3. The van der Waals surface area contributed by atoms with E-state index in [-0.39, 0.29) is 29.3 Å². The number of nitrogens with one attached hydrogen (secondary N) is 1. The third kappa shape index (κ3) is 3.23. The van der Waals surface area contributed by atoms with Crippen LogP contribution < -0.4 is 10.5 Å². The molecule has 1 aromatic heterocycles. The van der Waals surface area contributed by atoms with Gasteiger partial charge in [0.25, 0.3) is 0 Å². The maximum Gasteiger partial charge on any atom is 0.244 e. The van der Waals surface area contributed by atoms with Gasteiger partial charge < -0.3 is 10.8 Å². The monoisotopic (exact) mass is 285 g/mol. The van der Waals surface area contributed by atoms with Gasteiger partial charge in [-0.1, -0.05) is 12.8 Å². The predicted octanol–water partition coefficient (Wildman–Crippen LogP) is 0.493. The van der Waals surface area contributed by atoms with Crippen LogP contribution in [0.3, 0.4) is 0 Å². The number of nitrogen functional groups attached to an aromatic ring is 1. The Morgan fingerprint density at radius 3 is 2.84 bits per heavy atom. The van der Waals surface area contributed by atoms with Gasteiger partial charge in [0.05, 0.1) is 0 Å². The lowest BCUT2D eigenvalue weighted by Gasteiger charge is -2.30. The number of aliphatic hydroxyl groups is 1. The van der Waals surface area contributed by atoms with Gasteiger partial charge >= 0.3 is 0 Å². The number of anilines is 1. The summed E-state index contributed by atoms with van der Waals surface area (Å²) < 4.78 is 27.2. The first-order chi connectivity index (χ1) is 9.04. The Kier molecular flexibility index (Phi) is 4.38. The molecule has 2 unspecified atom stereocenters. The number of nitrogens with two attached hydrogens (primary N) is 1. The molecule has 2 atom stereocenters. The summed E-state index contributed by atoms with van der Waals surface area (Å²) in [6, 6.07) is 2.74. The molecule has 1 aromatic rings. The Labute approximate surface area is 113 Å². The number of aromatic nitrogens is 1. The minimum atomic E-state index is -3.68. The molecule has 2 rings (SSSR count). The van der Waals surface area contributed by atoms with Gasteiger partial charge in [-0.05, 0) is 30.9 Å². The number of hydrogen-bond acceptors (Lipinski definition) is 5. The first kappa shape index (κ1) is 14.2. The average molecular weight is 285 g/mol. The van der Waals surface area contributed by atoms with Crippen molar-refractivity contribution in [2.75, 3.05) is 12.3 Å². The van der Waals surface area contributed by atoms with E-state index >= 15 is 0 Å². The molecule has 0 radical (unpaired) electrons. The second-order valence-electron chi connectivity index (χ2n) is 4.84. The Morgan fingerprint density at radius 2 is 2.16 bits per heavy atom. The van der Waals surface area contributed by atoms with Crippen LogP contribution in [0.4, 0.5) is 5.82 Å². The summed E-state index contributed by atoms with van der Waals surface area (Å²) in [5, 5.41) is 9.31. The normalized spacial score (nSPS) is 24.3. The summed E-state index contributed by atoms with van der Waals surface area (Å²) in [6.07, 6.45) is 5.02. The number of hydrogen-bond donors (Lipinski definition) is 3. The van der Waals surface area contributed by atoms with Gasteiger partial charge in [0, 0.05) is 18.8 Å². The summed E-state index contributed by atoms with van der Waals surface area (Å²) >= 11 is 0. The van der Waals surface area contributed by atoms with Gasteiger partial charge in [0.15, 0.2) is 0 Å². The highest BCUT2D eigenvalue weighted by Gasteiger charge is 2.29. The Balaban J connectivity index is 2.19. The van der Waals surface area contributed by atoms with Gasteiger partial charge in [-0.2, -0.15) is 0 Å². The van der Waals surface area contributed by atoms with E-state index in [9.17, 15) is 13.5 Å². The minimum absolute atomic E-state index is 0.00253. The van der Waals surface area contributed by atoms with Crippen molar-refractivity contribution in [3.8, 4) is 0 Å². The summed E-state index contributed by atoms with van der Waals surface area (Å²) in [7, 11) is -3.68. The number of nitrogens with zero attached hydrogens (tertiary/aromatic N) is 1. The van der Waals surface area contributed by atoms with Crippen molar-refractivity contribution in [3.05, 3.63) is 18.3 Å². The van der Waals surface area contributed by atoms with Crippen molar-refractivity contribution in [3.63, 3.8) is 0 Å². The zero-order valence-electron chi connectivity index (χ0n) is 10.6. The molecule has 106 valence electrons. The largest absolute Gasteiger partial charge is 0.396 e. The van der Waals surface area contributed by atoms with Crippen molar-refractivity contribution in [2.45, 2.75) is 36.6 Å². The van der Waals surface area contributed by atoms with Crippen molar-refractivity contribution >= 4 is 15.8 Å². The fraction of sp³-hybridized carbons (Fsp3) is 0.583. The first-order valence-electron chi connectivity index (χ1n) is 6.38. The summed E-state index contributed by atoms with van der Waals surface area (Å²) in [5.41, 5.74) is 5.60. The molecule has 7 heteroatoms. The molecule has 0 saturated heterocycles. The van der Waals surface area contributed by atoms with Crippen LogP contribution in [0.15, 0.2) is 23.2 Å². The molecule has 0 spiro atoms. The Morgan fingerprint density at radius 1 is 1.42 bits per heavy atom. The van der Waals surface area contributed by atoms with Crippen LogP contribution in [0.5, 0.6) is 0 Å².